The zero-order valence-electron chi connectivity index (χ0n) is 24.1. The van der Waals surface area contributed by atoms with Gasteiger partial charge in [-0.1, -0.05) is 27.7 Å². The third-order valence-corrected chi connectivity index (χ3v) is 13.3. The summed E-state index contributed by atoms with van der Waals surface area (Å²) in [6.45, 7) is 11.6. The molecule has 0 saturated heterocycles. The summed E-state index contributed by atoms with van der Waals surface area (Å²) in [6, 6.07) is 1.34. The van der Waals surface area contributed by atoms with Crippen molar-refractivity contribution in [3.8, 4) is 11.5 Å². The number of carbonyl (C=O) groups is 2. The topological polar surface area (TPSA) is 152 Å². The molecule has 8 atom stereocenters. The first-order valence-corrected chi connectivity index (χ1v) is 15.0. The predicted octanol–water partition coefficient (Wildman–Crippen LogP) is 1.95. The van der Waals surface area contributed by atoms with Gasteiger partial charge in [0.2, 0.25) is 0 Å². The van der Waals surface area contributed by atoms with Crippen molar-refractivity contribution in [1.82, 2.24) is 0 Å². The molecule has 3 saturated carbocycles. The average molecular weight is 571 g/mol. The van der Waals surface area contributed by atoms with Gasteiger partial charge in [-0.25, -0.2) is 8.42 Å². The Morgan fingerprint density at radius 3 is 2.10 bits per heavy atom. The van der Waals surface area contributed by atoms with Gasteiger partial charge >= 0.3 is 35.5 Å². The maximum absolute atomic E-state index is 14.4. The minimum absolute atomic E-state index is 0. The number of aliphatic carboxylic acids is 1. The van der Waals surface area contributed by atoms with Gasteiger partial charge in [-0.2, -0.15) is 0 Å². The summed E-state index contributed by atoms with van der Waals surface area (Å²) in [4.78, 5) is 26.7. The van der Waals surface area contributed by atoms with Crippen molar-refractivity contribution in [1.29, 1.82) is 0 Å². The van der Waals surface area contributed by atoms with Crippen LogP contribution in [0.5, 0.6) is 11.5 Å². The van der Waals surface area contributed by atoms with Crippen LogP contribution in [0.15, 0.2) is 6.07 Å². The molecule has 0 bridgehead atoms. The Labute approximate surface area is 253 Å². The minimum atomic E-state index is -5.14. The van der Waals surface area contributed by atoms with Crippen LogP contribution in [0.4, 0.5) is 0 Å². The number of phenols is 2. The van der Waals surface area contributed by atoms with Crippen LogP contribution in [-0.4, -0.2) is 40.0 Å². The van der Waals surface area contributed by atoms with E-state index in [1.165, 1.54) is 13.0 Å². The van der Waals surface area contributed by atoms with Gasteiger partial charge in [-0.15, -0.1) is 0 Å². The number of hydrogen-bond acceptors (Lipinski definition) is 7. The first-order valence-electron chi connectivity index (χ1n) is 13.5. The predicted molar refractivity (Wildman–Crippen MR) is 139 cm³/mol. The van der Waals surface area contributed by atoms with Crippen molar-refractivity contribution in [3.05, 3.63) is 22.8 Å². The molecule has 1 aromatic carbocycles. The Hall–Kier alpha value is -1.13. The van der Waals surface area contributed by atoms with Crippen LogP contribution in [0.1, 0.15) is 102 Å². The molecule has 4 aliphatic carbocycles. The molecular weight excluding hydrogens is 531 g/mol. The van der Waals surface area contributed by atoms with Gasteiger partial charge in [0.1, 0.15) is 15.4 Å². The molecule has 39 heavy (non-hydrogen) atoms. The molecule has 5 rings (SSSR count). The van der Waals surface area contributed by atoms with Crippen molar-refractivity contribution in [3.63, 3.8) is 0 Å². The summed E-state index contributed by atoms with van der Waals surface area (Å²) in [5.74, 6) is -3.21. The zero-order chi connectivity index (χ0) is 28.4. The van der Waals surface area contributed by atoms with E-state index < -0.39 is 66.2 Å². The maximum Gasteiger partial charge on any atom is 1.00 e. The van der Waals surface area contributed by atoms with E-state index in [9.17, 15) is 37.9 Å². The Bertz CT molecular complexity index is 1380. The van der Waals surface area contributed by atoms with Gasteiger partial charge in [-0.3, -0.25) is 9.59 Å². The fraction of sp³-hybridized carbons (Fsp3) is 0.724. The second kappa shape index (κ2) is 8.93. The molecule has 1 aromatic rings. The number of carboxylic acids is 1. The van der Waals surface area contributed by atoms with E-state index in [0.717, 1.165) is 12.8 Å². The van der Waals surface area contributed by atoms with Crippen LogP contribution in [0.2, 0.25) is 0 Å². The Morgan fingerprint density at radius 1 is 0.974 bits per heavy atom. The summed E-state index contributed by atoms with van der Waals surface area (Å²) in [7, 11) is -5.14. The molecular formula is C29H39NaO8S. The molecule has 10 heteroatoms. The second-order valence-corrected chi connectivity index (χ2v) is 15.5. The van der Waals surface area contributed by atoms with E-state index in [4.69, 9.17) is 0 Å². The summed E-state index contributed by atoms with van der Waals surface area (Å²) < 4.78 is 38.1. The molecule has 0 radical (unpaired) electrons. The van der Waals surface area contributed by atoms with Crippen LogP contribution in [0.3, 0.4) is 0 Å². The molecule has 0 aromatic heterocycles. The molecule has 3 N–H and O–H groups in total. The fourth-order valence-corrected chi connectivity index (χ4v) is 10.7. The van der Waals surface area contributed by atoms with Crippen LogP contribution >= 0.6 is 0 Å². The average Bonchev–Trinajstić information content (AvgIpc) is 2.80. The quantitative estimate of drug-likeness (QED) is 0.277. The van der Waals surface area contributed by atoms with E-state index >= 15 is 0 Å². The molecule has 4 aliphatic rings. The van der Waals surface area contributed by atoms with E-state index in [0.29, 0.717) is 37.7 Å². The van der Waals surface area contributed by atoms with E-state index in [-0.39, 0.29) is 52.0 Å². The van der Waals surface area contributed by atoms with Gasteiger partial charge in [0, 0.05) is 11.3 Å². The number of aromatic hydroxyl groups is 2. The van der Waals surface area contributed by atoms with Gasteiger partial charge in [0.15, 0.2) is 17.3 Å². The van der Waals surface area contributed by atoms with Gasteiger partial charge in [-0.05, 0) is 104 Å². The van der Waals surface area contributed by atoms with Crippen LogP contribution in [-0.2, 0) is 25.1 Å². The van der Waals surface area contributed by atoms with E-state index in [2.05, 4.69) is 13.8 Å². The Kier molecular flexibility index (Phi) is 7.06. The summed E-state index contributed by atoms with van der Waals surface area (Å²) in [5, 5.41) is 29.1. The largest absolute Gasteiger partial charge is 1.00 e. The Balaban J connectivity index is 0.00000353. The first kappa shape index (κ1) is 30.8. The molecule has 0 amide bonds. The molecule has 3 fully saturated rings. The smallest absolute Gasteiger partial charge is 0.747 e. The fourth-order valence-electron chi connectivity index (χ4n) is 9.67. The van der Waals surface area contributed by atoms with Crippen molar-refractivity contribution in [2.45, 2.75) is 97.2 Å². The number of Topliss-reactive ketones (excluding diaryl/α,β-unsaturated/α-hetero) is 1. The number of carboxylic acid groups (broad SMARTS) is 1. The molecule has 8 nitrogen and oxygen atoms in total. The van der Waals surface area contributed by atoms with Crippen molar-refractivity contribution >= 4 is 21.9 Å². The third-order valence-electron chi connectivity index (χ3n) is 12.3. The summed E-state index contributed by atoms with van der Waals surface area (Å²) in [5.41, 5.74) is -2.54. The molecule has 3 unspecified atom stereocenters. The molecule has 0 heterocycles. The van der Waals surface area contributed by atoms with Crippen molar-refractivity contribution in [2.75, 3.05) is 0 Å². The van der Waals surface area contributed by atoms with Crippen molar-refractivity contribution in [2.24, 2.45) is 33.5 Å². The number of fused-ring (bicyclic) bond motifs is 7. The standard InChI is InChI=1S/C29H40O8S.Na/c1-15-19-16(13-17(30)20(15)31)27(4)10-12-28(5)18-14-26(3,24(33)34)8-7-25(18,2)9-11-29(28,6)23(27)21(32)22(19)38(35,36)37;/h13,18,22-23,30-31H,7-12,14H2,1-6H3,(H,33,34)(H,35,36,37);/q;+1/p-1/t18?,22?,23?,25-,26-,27+,28+,29-;/m1./s1. The van der Waals surface area contributed by atoms with Crippen LogP contribution in [0, 0.1) is 40.4 Å². The van der Waals surface area contributed by atoms with E-state index in [1.807, 2.05) is 13.8 Å². The number of carbonyl (C=O) groups excluding carboxylic acids is 1. The number of benzene rings is 1. The Morgan fingerprint density at radius 2 is 1.54 bits per heavy atom. The third kappa shape index (κ3) is 3.85. The first-order chi connectivity index (χ1) is 17.3. The van der Waals surface area contributed by atoms with Crippen molar-refractivity contribution < 1.29 is 67.4 Å². The van der Waals surface area contributed by atoms with Gasteiger partial charge in [0.25, 0.3) is 0 Å². The van der Waals surface area contributed by atoms with Gasteiger partial charge < -0.3 is 19.9 Å². The second-order valence-electron chi connectivity index (χ2n) is 14.1. The number of hydrogen-bond donors (Lipinski definition) is 3. The summed E-state index contributed by atoms with van der Waals surface area (Å²) in [6.07, 6.45) is 4.47. The van der Waals surface area contributed by atoms with Crippen LogP contribution < -0.4 is 29.6 Å². The maximum atomic E-state index is 14.4. The monoisotopic (exact) mass is 570 g/mol. The zero-order valence-corrected chi connectivity index (χ0v) is 26.9. The number of rotatable bonds is 2. The molecule has 210 valence electrons. The number of phenolic OH excluding ortho intramolecular Hbond substituents is 2. The van der Waals surface area contributed by atoms with Gasteiger partial charge in [0.05, 0.1) is 5.41 Å². The van der Waals surface area contributed by atoms with Crippen LogP contribution in [0.25, 0.3) is 0 Å². The summed E-state index contributed by atoms with van der Waals surface area (Å²) >= 11 is 0. The normalized spacial score (nSPS) is 43.3. The molecule has 0 aliphatic heterocycles. The number of ketones is 1. The minimum Gasteiger partial charge on any atom is -0.747 e. The SMILES string of the molecule is Cc1c(O)c(O)cc2c1C(S(=O)(=O)[O-])C(=O)C1[C@@]2(C)CC[C@@]2(C)C3C[C@](C)(C(=O)O)CC[C@]3(C)CC[C@]12C.[Na+]. The van der Waals surface area contributed by atoms with E-state index in [1.54, 1.807) is 6.92 Å². The molecule has 0 spiro atoms.